The predicted octanol–water partition coefficient (Wildman–Crippen LogP) is 0.659. The molecule has 0 aliphatic carbocycles. The number of thiazole rings is 1. The first-order valence-corrected chi connectivity index (χ1v) is 4.50. The predicted molar refractivity (Wildman–Crippen MR) is 50.8 cm³/mol. The number of carboxylic acids is 1. The van der Waals surface area contributed by atoms with Crippen molar-refractivity contribution in [2.75, 3.05) is 19.5 Å². The van der Waals surface area contributed by atoms with Crippen LogP contribution in [0.5, 0.6) is 0 Å². The Kier molecular flexibility index (Phi) is 3.21. The van der Waals surface area contributed by atoms with Crippen molar-refractivity contribution in [2.24, 2.45) is 0 Å². The summed E-state index contributed by atoms with van der Waals surface area (Å²) in [5, 5.41) is 11.0. The SMILES string of the molecule is CN(C)Nc1ncc(CC(=O)O)s1. The molecule has 1 heterocycles. The van der Waals surface area contributed by atoms with E-state index < -0.39 is 5.97 Å². The van der Waals surface area contributed by atoms with E-state index in [2.05, 4.69) is 10.4 Å². The van der Waals surface area contributed by atoms with E-state index >= 15 is 0 Å². The van der Waals surface area contributed by atoms with Gasteiger partial charge < -0.3 is 5.11 Å². The number of hydrogen-bond acceptors (Lipinski definition) is 5. The molecular formula is C7H11N3O2S. The molecule has 0 bridgehead atoms. The van der Waals surface area contributed by atoms with E-state index in [1.54, 1.807) is 11.2 Å². The number of aliphatic carboxylic acids is 1. The van der Waals surface area contributed by atoms with Crippen molar-refractivity contribution in [3.05, 3.63) is 11.1 Å². The summed E-state index contributed by atoms with van der Waals surface area (Å²) in [6.45, 7) is 0. The Morgan fingerprint density at radius 1 is 1.77 bits per heavy atom. The molecule has 0 fully saturated rings. The van der Waals surface area contributed by atoms with E-state index in [0.717, 1.165) is 4.88 Å². The van der Waals surface area contributed by atoms with Gasteiger partial charge in [-0.3, -0.25) is 10.2 Å². The molecule has 0 aliphatic heterocycles. The van der Waals surface area contributed by atoms with Gasteiger partial charge in [0.2, 0.25) is 0 Å². The Bertz CT molecular complexity index is 298. The average molecular weight is 201 g/mol. The van der Waals surface area contributed by atoms with Crippen molar-refractivity contribution in [3.63, 3.8) is 0 Å². The number of nitrogens with one attached hydrogen (secondary N) is 1. The van der Waals surface area contributed by atoms with Crippen LogP contribution in [0, 0.1) is 0 Å². The molecule has 0 saturated carbocycles. The third-order valence-corrected chi connectivity index (χ3v) is 2.10. The zero-order chi connectivity index (χ0) is 9.84. The zero-order valence-corrected chi connectivity index (χ0v) is 8.26. The first-order chi connectivity index (χ1) is 6.08. The van der Waals surface area contributed by atoms with Gasteiger partial charge in [-0.25, -0.2) is 9.99 Å². The van der Waals surface area contributed by atoms with Gasteiger partial charge in [-0.2, -0.15) is 0 Å². The van der Waals surface area contributed by atoms with Crippen LogP contribution >= 0.6 is 11.3 Å². The maximum absolute atomic E-state index is 10.3. The van der Waals surface area contributed by atoms with Crippen LogP contribution in [-0.2, 0) is 11.2 Å². The quantitative estimate of drug-likeness (QED) is 0.700. The standard InChI is InChI=1S/C7H11N3O2S/c1-10(2)9-7-8-4-5(13-7)3-6(11)12/h4H,3H2,1-2H3,(H,8,9)(H,11,12). The second-order valence-electron chi connectivity index (χ2n) is 2.71. The molecule has 0 unspecified atom stereocenters. The third-order valence-electron chi connectivity index (χ3n) is 1.20. The minimum atomic E-state index is -0.833. The number of nitrogens with zero attached hydrogens (tertiary/aromatic N) is 2. The van der Waals surface area contributed by atoms with Crippen molar-refractivity contribution >= 4 is 22.4 Å². The molecule has 1 rings (SSSR count). The number of aromatic nitrogens is 1. The maximum Gasteiger partial charge on any atom is 0.308 e. The number of hydrogen-bond donors (Lipinski definition) is 2. The topological polar surface area (TPSA) is 65.5 Å². The Labute approximate surface area is 80.0 Å². The van der Waals surface area contributed by atoms with Gasteiger partial charge in [-0.1, -0.05) is 0 Å². The van der Waals surface area contributed by atoms with Crippen LogP contribution in [0.2, 0.25) is 0 Å². The molecule has 1 aromatic rings. The van der Waals surface area contributed by atoms with Crippen LogP contribution in [-0.4, -0.2) is 35.2 Å². The van der Waals surface area contributed by atoms with E-state index in [1.165, 1.54) is 11.3 Å². The highest BCUT2D eigenvalue weighted by atomic mass is 32.1. The highest BCUT2D eigenvalue weighted by Gasteiger charge is 2.05. The van der Waals surface area contributed by atoms with Crippen LogP contribution in [0.3, 0.4) is 0 Å². The second-order valence-corrected chi connectivity index (χ2v) is 3.82. The summed E-state index contributed by atoms with van der Waals surface area (Å²) >= 11 is 1.34. The van der Waals surface area contributed by atoms with Crippen LogP contribution in [0.4, 0.5) is 5.13 Å². The number of carboxylic acid groups (broad SMARTS) is 1. The molecule has 0 spiro atoms. The highest BCUT2D eigenvalue weighted by molar-refractivity contribution is 7.15. The Hall–Kier alpha value is -1.14. The number of carbonyl (C=O) groups is 1. The molecule has 1 aromatic heterocycles. The fraction of sp³-hybridized carbons (Fsp3) is 0.429. The van der Waals surface area contributed by atoms with Crippen LogP contribution in [0.1, 0.15) is 4.88 Å². The normalized spacial score (nSPS) is 10.4. The number of hydrazine groups is 1. The minimum absolute atomic E-state index is 0.0345. The molecule has 0 aliphatic rings. The van der Waals surface area contributed by atoms with Crippen LogP contribution < -0.4 is 5.43 Å². The van der Waals surface area contributed by atoms with E-state index in [9.17, 15) is 4.79 Å². The van der Waals surface area contributed by atoms with Gasteiger partial charge in [0, 0.05) is 25.2 Å². The molecule has 5 nitrogen and oxygen atoms in total. The van der Waals surface area contributed by atoms with Gasteiger partial charge in [-0.15, -0.1) is 11.3 Å². The first-order valence-electron chi connectivity index (χ1n) is 3.68. The molecule has 0 amide bonds. The summed E-state index contributed by atoms with van der Waals surface area (Å²) in [4.78, 5) is 15.1. The minimum Gasteiger partial charge on any atom is -0.481 e. The Morgan fingerprint density at radius 2 is 2.46 bits per heavy atom. The molecular weight excluding hydrogens is 190 g/mol. The summed E-state index contributed by atoms with van der Waals surface area (Å²) in [5.74, 6) is -0.833. The lowest BCUT2D eigenvalue weighted by Crippen LogP contribution is -2.19. The monoisotopic (exact) mass is 201 g/mol. The summed E-state index contributed by atoms with van der Waals surface area (Å²) in [6.07, 6.45) is 1.61. The number of anilines is 1. The summed E-state index contributed by atoms with van der Waals surface area (Å²) < 4.78 is 0. The molecule has 0 aromatic carbocycles. The molecule has 72 valence electrons. The Balaban J connectivity index is 2.58. The summed E-state index contributed by atoms with van der Waals surface area (Å²) in [7, 11) is 3.69. The van der Waals surface area contributed by atoms with Crippen molar-refractivity contribution in [1.82, 2.24) is 9.99 Å². The van der Waals surface area contributed by atoms with E-state index in [4.69, 9.17) is 5.11 Å². The largest absolute Gasteiger partial charge is 0.481 e. The smallest absolute Gasteiger partial charge is 0.308 e. The fourth-order valence-electron chi connectivity index (χ4n) is 0.781. The number of rotatable bonds is 4. The molecule has 2 N–H and O–H groups in total. The van der Waals surface area contributed by atoms with Crippen LogP contribution in [0.15, 0.2) is 6.20 Å². The van der Waals surface area contributed by atoms with Crippen LogP contribution in [0.25, 0.3) is 0 Å². The molecule has 0 atom stereocenters. The van der Waals surface area contributed by atoms with Gasteiger partial charge in [0.15, 0.2) is 5.13 Å². The molecule has 0 saturated heterocycles. The van der Waals surface area contributed by atoms with Gasteiger partial charge in [0.1, 0.15) is 0 Å². The maximum atomic E-state index is 10.3. The van der Waals surface area contributed by atoms with E-state index in [-0.39, 0.29) is 6.42 Å². The molecule has 13 heavy (non-hydrogen) atoms. The van der Waals surface area contributed by atoms with Gasteiger partial charge in [0.05, 0.1) is 6.42 Å². The van der Waals surface area contributed by atoms with Gasteiger partial charge in [-0.05, 0) is 0 Å². The van der Waals surface area contributed by atoms with E-state index in [1.807, 2.05) is 14.1 Å². The highest BCUT2D eigenvalue weighted by Crippen LogP contribution is 2.18. The van der Waals surface area contributed by atoms with Gasteiger partial charge >= 0.3 is 5.97 Å². The third kappa shape index (κ3) is 3.39. The van der Waals surface area contributed by atoms with E-state index in [0.29, 0.717) is 5.13 Å². The van der Waals surface area contributed by atoms with Crippen molar-refractivity contribution in [1.29, 1.82) is 0 Å². The van der Waals surface area contributed by atoms with Crippen molar-refractivity contribution in [2.45, 2.75) is 6.42 Å². The Morgan fingerprint density at radius 3 is 3.00 bits per heavy atom. The lowest BCUT2D eigenvalue weighted by Gasteiger charge is -2.08. The zero-order valence-electron chi connectivity index (χ0n) is 7.44. The van der Waals surface area contributed by atoms with Crippen molar-refractivity contribution < 1.29 is 9.90 Å². The lowest BCUT2D eigenvalue weighted by molar-refractivity contribution is -0.136. The lowest BCUT2D eigenvalue weighted by atomic mass is 10.4. The van der Waals surface area contributed by atoms with Gasteiger partial charge in [0.25, 0.3) is 0 Å². The summed E-state index contributed by atoms with van der Waals surface area (Å²) in [5.41, 5.74) is 2.95. The average Bonchev–Trinajstić information content (AvgIpc) is 2.33. The fourth-order valence-corrected chi connectivity index (χ4v) is 1.66. The molecule has 6 heteroatoms. The second kappa shape index (κ2) is 4.20. The first kappa shape index (κ1) is 9.94. The van der Waals surface area contributed by atoms with Crippen molar-refractivity contribution in [3.8, 4) is 0 Å². The molecule has 0 radical (unpaired) electrons. The summed E-state index contributed by atoms with van der Waals surface area (Å²) in [6, 6.07) is 0.